The van der Waals surface area contributed by atoms with Crippen molar-refractivity contribution in [3.05, 3.63) is 62.8 Å². The molecular weight excluding hydrogens is 1520 g/mol. The van der Waals surface area contributed by atoms with Crippen LogP contribution in [0.5, 0.6) is 0 Å². The highest BCUT2D eigenvalue weighted by atomic mass is 16.6. The number of rotatable bonds is 28. The number of amides is 10. The minimum Gasteiger partial charge on any atom is -0.480 e. The molecule has 2 saturated carbocycles. The van der Waals surface area contributed by atoms with Crippen LogP contribution >= 0.6 is 0 Å². The van der Waals surface area contributed by atoms with Crippen LogP contribution in [-0.4, -0.2) is 343 Å². The Balaban J connectivity index is 0.000000380. The average Bonchev–Trinajstić information content (AvgIpc) is 1.59. The molecule has 10 amide bonds. The van der Waals surface area contributed by atoms with E-state index in [2.05, 4.69) is 67.9 Å². The number of carbonyl (C=O) groups excluding carboxylic acids is 10. The van der Waals surface area contributed by atoms with Crippen molar-refractivity contribution < 1.29 is 102 Å². The molecular formula is C85H146N12O21. The van der Waals surface area contributed by atoms with Crippen LogP contribution in [0.25, 0.3) is 0 Å². The van der Waals surface area contributed by atoms with Gasteiger partial charge in [0.2, 0.25) is 23.6 Å². The van der Waals surface area contributed by atoms with Crippen molar-refractivity contribution in [3.8, 4) is 0 Å². The molecule has 8 aliphatic rings. The molecule has 0 bridgehead atoms. The maximum Gasteiger partial charge on any atom is 0.411 e. The number of nitrogens with zero attached hydrogens (tertiary/aromatic N) is 9. The SMILES string of the molecule is C=CCCCCN(C)C(=O)[C@@H]1C[C@@H](O)CN1.C=CCCCCN(C)C(=O)[C@@H]1C[C@@H](O)CN1C(=O)N[C@]1(C(=O)OCC)C[C@H]1C=C.C=CCCCCN(C)C(=O)[C@@H]1C[C@@H](O)CN1C(=O)OC(C)(C)C.CC(C)(C)OC(=O)N1C[C@H](O)C[C@H]1C(=O)O.CCN(CC)CC.CCOC(=O)[C@@]12C[C@H]1/C=C\CCCCN(C)C(=O)[C@@H]1C[C@@H](O)CN1C(=O)N2. The van der Waals surface area contributed by atoms with Crippen molar-refractivity contribution in [1.82, 2.24) is 60.0 Å². The zero-order valence-corrected chi connectivity index (χ0v) is 73.4. The first-order valence-electron chi connectivity index (χ1n) is 42.3. The lowest BCUT2D eigenvalue weighted by molar-refractivity contribution is -0.147. The number of nitrogens with one attached hydrogen (secondary N) is 3. The number of carbonyl (C=O) groups is 11. The van der Waals surface area contributed by atoms with Crippen LogP contribution in [-0.2, 0) is 52.5 Å². The summed E-state index contributed by atoms with van der Waals surface area (Å²) in [7, 11) is 6.98. The number of esters is 2. The van der Waals surface area contributed by atoms with E-state index in [4.69, 9.17) is 24.1 Å². The Morgan fingerprint density at radius 2 is 1.03 bits per heavy atom. The zero-order chi connectivity index (χ0) is 89.0. The number of carboxylic acid groups (broad SMARTS) is 1. The Hall–Kier alpha value is -8.21. The van der Waals surface area contributed by atoms with Crippen LogP contribution < -0.4 is 16.0 Å². The second kappa shape index (κ2) is 50.8. The van der Waals surface area contributed by atoms with Crippen molar-refractivity contribution in [2.75, 3.05) is 120 Å². The molecule has 33 heteroatoms. The summed E-state index contributed by atoms with van der Waals surface area (Å²) in [5.41, 5.74) is -3.50. The summed E-state index contributed by atoms with van der Waals surface area (Å²) in [6, 6.07) is -4.35. The van der Waals surface area contributed by atoms with E-state index < -0.39 is 113 Å². The van der Waals surface area contributed by atoms with E-state index >= 15 is 0 Å². The van der Waals surface area contributed by atoms with E-state index in [1.54, 1.807) is 102 Å². The van der Waals surface area contributed by atoms with Crippen LogP contribution in [0.2, 0.25) is 0 Å². The number of hydrogen-bond acceptors (Lipinski definition) is 22. The van der Waals surface area contributed by atoms with Crippen molar-refractivity contribution in [3.63, 3.8) is 0 Å². The molecule has 9 N–H and O–H groups in total. The van der Waals surface area contributed by atoms with Gasteiger partial charge in [0.25, 0.3) is 0 Å². The first-order valence-corrected chi connectivity index (χ1v) is 42.3. The molecule has 5 saturated heterocycles. The van der Waals surface area contributed by atoms with Crippen LogP contribution in [0, 0.1) is 11.8 Å². The van der Waals surface area contributed by atoms with Gasteiger partial charge in [0.1, 0.15) is 46.4 Å². The number of allylic oxidation sites excluding steroid dienone is 4. The lowest BCUT2D eigenvalue weighted by Crippen LogP contribution is -2.55. The van der Waals surface area contributed by atoms with Gasteiger partial charge in [0, 0.05) is 112 Å². The van der Waals surface area contributed by atoms with Crippen molar-refractivity contribution in [2.45, 2.75) is 281 Å². The summed E-state index contributed by atoms with van der Waals surface area (Å²) >= 11 is 0. The first kappa shape index (κ1) is 104. The number of hydrogen-bond donors (Lipinski definition) is 9. The van der Waals surface area contributed by atoms with E-state index in [0.29, 0.717) is 45.4 Å². The fourth-order valence-corrected chi connectivity index (χ4v) is 14.5. The molecule has 672 valence electrons. The highest BCUT2D eigenvalue weighted by Gasteiger charge is 2.63. The van der Waals surface area contributed by atoms with Gasteiger partial charge in [0.05, 0.1) is 62.9 Å². The van der Waals surface area contributed by atoms with Crippen molar-refractivity contribution in [1.29, 1.82) is 0 Å². The second-order valence-corrected chi connectivity index (χ2v) is 33.4. The molecule has 2 aliphatic carbocycles. The van der Waals surface area contributed by atoms with Gasteiger partial charge in [-0.1, -0.05) is 57.2 Å². The standard InChI is InChI=1S/C21H33N3O5.C19H29N3O5.C17H30N2O4.C12H22N2O2.C10H17NO5.C6H15N/c1-5-8-9-10-11-23(4)18(26)17-12-16(25)14-24(17)20(28)22-21(13-15(21)6-2)19(27)29-7-3;1-3-27-17(25)19-11-13(19)8-6-4-5-7-9-21(2)16(24)15-10-14(23)12-22(15)18(26)20-19;1-6-7-8-9-10-18(5)15(21)14-11-13(20)12-19(14)16(22)23-17(2,3)4;1-3-4-5-6-7-14(2)12(16)11-8-10(15)9-13-11;1-10(2,3)16-9(15)11-5-6(12)4-7(11)8(13)14;1-4-7(5-2)6-3/h5-6,15-17,25H,1-2,7-14H2,3-4H3,(H,22,28);6,8,13-15,23H,3-5,7,9-12H2,1-2H3,(H,20,26);6,13-14,20H,1,7-12H2,2-5H3;3,10-11,13,15H,1,4-9H2,2H3;6-7,12H,4-5H2,1-3H3,(H,13,14);4-6H2,1-3H3/b;8-6-;;;;/t15-,16-,17+,21-;13-,14-,15+,19-;13-,14+;10-,11+;6-,7+;/m11111./s1. The first-order chi connectivity index (χ1) is 55.5. The molecule has 0 aromatic carbocycles. The molecule has 0 unspecified atom stereocenters. The van der Waals surface area contributed by atoms with Gasteiger partial charge >= 0.3 is 42.2 Å². The van der Waals surface area contributed by atoms with Crippen LogP contribution in [0.1, 0.15) is 198 Å². The number of likely N-dealkylation sites (N-methyl/N-ethyl adjacent to an activating group) is 4. The van der Waals surface area contributed by atoms with Crippen LogP contribution in [0.4, 0.5) is 19.2 Å². The Morgan fingerprint density at radius 1 is 0.585 bits per heavy atom. The minimum absolute atomic E-state index is 0.00583. The van der Waals surface area contributed by atoms with Crippen molar-refractivity contribution >= 4 is 65.8 Å². The largest absolute Gasteiger partial charge is 0.480 e. The Morgan fingerprint density at radius 3 is 1.46 bits per heavy atom. The topological polar surface area (TPSA) is 411 Å². The third-order valence-electron chi connectivity index (χ3n) is 21.5. The van der Waals surface area contributed by atoms with Gasteiger partial charge in [-0.15, -0.1) is 26.3 Å². The van der Waals surface area contributed by atoms with E-state index in [1.807, 2.05) is 37.4 Å². The third-order valence-corrected chi connectivity index (χ3v) is 21.5. The monoisotopic (exact) mass is 1670 g/mol. The normalized spacial score (nSPS) is 26.5. The third kappa shape index (κ3) is 33.4. The van der Waals surface area contributed by atoms with Gasteiger partial charge in [0.15, 0.2) is 0 Å². The number of aliphatic hydroxyl groups excluding tert-OH is 5. The molecule has 14 atom stereocenters. The number of fused-ring (bicyclic) bond motifs is 2. The molecule has 0 aromatic rings. The molecule has 8 rings (SSSR count). The quantitative estimate of drug-likeness (QED) is 0.0173. The maximum absolute atomic E-state index is 12.9. The fourth-order valence-electron chi connectivity index (χ4n) is 14.5. The molecule has 7 fully saturated rings. The van der Waals surface area contributed by atoms with Gasteiger partial charge in [-0.05, 0) is 171 Å². The fraction of sp³-hybridized carbons (Fsp3) is 0.753. The van der Waals surface area contributed by atoms with E-state index in [1.165, 1.54) is 34.3 Å². The summed E-state index contributed by atoms with van der Waals surface area (Å²) in [5, 5.41) is 66.2. The number of carboxylic acids is 1. The predicted octanol–water partition coefficient (Wildman–Crippen LogP) is 6.59. The second-order valence-electron chi connectivity index (χ2n) is 33.4. The van der Waals surface area contributed by atoms with Gasteiger partial charge in [-0.3, -0.25) is 29.0 Å². The van der Waals surface area contributed by atoms with E-state index in [0.717, 1.165) is 88.5 Å². The number of aliphatic carboxylic acids is 1. The van der Waals surface area contributed by atoms with E-state index in [9.17, 15) is 78.3 Å². The minimum atomic E-state index is -1.13. The van der Waals surface area contributed by atoms with Gasteiger partial charge < -0.3 is 99.8 Å². The summed E-state index contributed by atoms with van der Waals surface area (Å²) in [5.74, 6) is -2.82. The zero-order valence-electron chi connectivity index (χ0n) is 73.4. The number of aliphatic hydroxyl groups is 5. The number of ether oxygens (including phenoxy) is 4. The number of unbranched alkanes of at least 4 members (excludes halogenated alkanes) is 6. The van der Waals surface area contributed by atoms with Gasteiger partial charge in [-0.2, -0.15) is 0 Å². The number of β-amino-alcohol motifs (C(OH)–C–C–N with tert-alkyl or cyclic N) is 4. The highest BCUT2D eigenvalue weighted by molar-refractivity contribution is 5.95. The lowest BCUT2D eigenvalue weighted by atomic mass is 10.1. The van der Waals surface area contributed by atoms with Crippen LogP contribution in [0.15, 0.2) is 62.8 Å². The predicted molar refractivity (Wildman–Crippen MR) is 448 cm³/mol. The summed E-state index contributed by atoms with van der Waals surface area (Å²) < 4.78 is 20.7. The molecule has 0 radical (unpaired) electrons. The Bertz CT molecular complexity index is 3290. The van der Waals surface area contributed by atoms with Crippen LogP contribution in [0.3, 0.4) is 0 Å². The molecule has 6 heterocycles. The maximum atomic E-state index is 12.9. The highest BCUT2D eigenvalue weighted by Crippen LogP contribution is 2.47. The molecule has 33 nitrogen and oxygen atoms in total. The molecule has 0 aromatic heterocycles. The lowest BCUT2D eigenvalue weighted by Gasteiger charge is -2.30. The molecule has 0 spiro atoms. The van der Waals surface area contributed by atoms with Crippen molar-refractivity contribution in [2.24, 2.45) is 11.8 Å². The summed E-state index contributed by atoms with van der Waals surface area (Å²) in [6.45, 7) is 42.6. The number of likely N-dealkylation sites (tertiary alicyclic amines) is 3. The summed E-state index contributed by atoms with van der Waals surface area (Å²) in [4.78, 5) is 150. The number of urea groups is 2. The molecule has 118 heavy (non-hydrogen) atoms. The molecule has 6 aliphatic heterocycles. The Labute approximate surface area is 700 Å². The van der Waals surface area contributed by atoms with E-state index in [-0.39, 0.29) is 113 Å². The van der Waals surface area contributed by atoms with Gasteiger partial charge in [-0.25, -0.2) is 33.6 Å². The Kier molecular flexibility index (Phi) is 44.7. The summed E-state index contributed by atoms with van der Waals surface area (Å²) in [6.07, 6.45) is 19.9. The smallest absolute Gasteiger partial charge is 0.411 e. The average molecular weight is 1670 g/mol.